The smallest absolute Gasteiger partial charge is 0.308 e. The van der Waals surface area contributed by atoms with E-state index < -0.39 is 5.97 Å². The molecule has 0 fully saturated rings. The number of carbonyl (C=O) groups is 1. The summed E-state index contributed by atoms with van der Waals surface area (Å²) in [7, 11) is 0. The van der Waals surface area contributed by atoms with E-state index in [2.05, 4.69) is 0 Å². The summed E-state index contributed by atoms with van der Waals surface area (Å²) in [6, 6.07) is 6.55. The second kappa shape index (κ2) is 3.92. The number of nitrogens with zero attached hydrogens (tertiary/aromatic N) is 1. The third kappa shape index (κ3) is 2.20. The molecule has 0 aliphatic carbocycles. The Morgan fingerprint density at radius 1 is 1.62 bits per heavy atom. The molecule has 0 aliphatic heterocycles. The van der Waals surface area contributed by atoms with Crippen molar-refractivity contribution >= 4 is 17.6 Å². The summed E-state index contributed by atoms with van der Waals surface area (Å²) < 4.78 is 4.77. The van der Waals surface area contributed by atoms with Gasteiger partial charge in [0.25, 0.3) is 0 Å². The van der Waals surface area contributed by atoms with Crippen LogP contribution in [0.5, 0.6) is 5.75 Å². The molecule has 0 bridgehead atoms. The zero-order chi connectivity index (χ0) is 9.84. The summed E-state index contributed by atoms with van der Waals surface area (Å²) in [5.74, 6) is -0.277. The zero-order valence-corrected chi connectivity index (χ0v) is 7.63. The van der Waals surface area contributed by atoms with Crippen LogP contribution in [0.3, 0.4) is 0 Å². The SMILES string of the molecule is CC(=O)Oc1cccc(Cl)c1C#N. The number of carbonyl (C=O) groups excluding carboxylic acids is 1. The van der Waals surface area contributed by atoms with Crippen LogP contribution < -0.4 is 4.74 Å². The molecule has 66 valence electrons. The summed E-state index contributed by atoms with van der Waals surface area (Å²) in [6.45, 7) is 1.27. The van der Waals surface area contributed by atoms with E-state index >= 15 is 0 Å². The number of nitriles is 1. The van der Waals surface area contributed by atoms with E-state index in [0.717, 1.165) is 0 Å². The Hall–Kier alpha value is -1.53. The summed E-state index contributed by atoms with van der Waals surface area (Å²) in [5, 5.41) is 8.97. The Balaban J connectivity index is 3.14. The molecule has 0 spiro atoms. The molecule has 0 N–H and O–H groups in total. The highest BCUT2D eigenvalue weighted by Crippen LogP contribution is 2.25. The lowest BCUT2D eigenvalue weighted by Crippen LogP contribution is -2.02. The van der Waals surface area contributed by atoms with Crippen LogP contribution in [-0.4, -0.2) is 5.97 Å². The number of hydrogen-bond acceptors (Lipinski definition) is 3. The van der Waals surface area contributed by atoms with Gasteiger partial charge in [-0.2, -0.15) is 5.26 Å². The van der Waals surface area contributed by atoms with Crippen molar-refractivity contribution in [3.8, 4) is 11.8 Å². The van der Waals surface area contributed by atoms with Crippen LogP contribution in [-0.2, 0) is 4.79 Å². The second-order valence-corrected chi connectivity index (χ2v) is 2.73. The van der Waals surface area contributed by atoms with Gasteiger partial charge in [-0.25, -0.2) is 0 Å². The fraction of sp³-hybridized carbons (Fsp3) is 0.111. The first kappa shape index (κ1) is 9.56. The predicted octanol–water partition coefficient (Wildman–Crippen LogP) is 2.14. The Kier molecular flexibility index (Phi) is 2.88. The van der Waals surface area contributed by atoms with Crippen molar-refractivity contribution in [3.63, 3.8) is 0 Å². The van der Waals surface area contributed by atoms with Crippen molar-refractivity contribution in [1.82, 2.24) is 0 Å². The molecule has 0 aromatic heterocycles. The number of hydrogen-bond donors (Lipinski definition) is 0. The molecule has 0 saturated heterocycles. The van der Waals surface area contributed by atoms with Crippen molar-refractivity contribution in [2.24, 2.45) is 0 Å². The Morgan fingerprint density at radius 2 is 2.31 bits per heavy atom. The highest BCUT2D eigenvalue weighted by molar-refractivity contribution is 6.32. The first-order valence-electron chi connectivity index (χ1n) is 3.52. The lowest BCUT2D eigenvalue weighted by atomic mass is 10.2. The molecule has 0 unspecified atom stereocenters. The van der Waals surface area contributed by atoms with Gasteiger partial charge in [0.05, 0.1) is 5.02 Å². The Morgan fingerprint density at radius 3 is 2.85 bits per heavy atom. The maximum atomic E-state index is 10.6. The van der Waals surface area contributed by atoms with E-state index in [-0.39, 0.29) is 16.3 Å². The molecule has 0 aliphatic rings. The molecule has 0 amide bonds. The standard InChI is InChI=1S/C9H6ClNO2/c1-6(12)13-9-4-2-3-8(10)7(9)5-11/h2-4H,1H3. The van der Waals surface area contributed by atoms with E-state index in [4.69, 9.17) is 21.6 Å². The molecule has 3 nitrogen and oxygen atoms in total. The Labute approximate surface area is 80.5 Å². The second-order valence-electron chi connectivity index (χ2n) is 2.32. The molecule has 0 heterocycles. The molecule has 13 heavy (non-hydrogen) atoms. The van der Waals surface area contributed by atoms with Crippen molar-refractivity contribution in [2.45, 2.75) is 6.92 Å². The minimum absolute atomic E-state index is 0.180. The van der Waals surface area contributed by atoms with Gasteiger partial charge >= 0.3 is 5.97 Å². The number of ether oxygens (including phenoxy) is 1. The van der Waals surface area contributed by atoms with Gasteiger partial charge in [0, 0.05) is 6.92 Å². The lowest BCUT2D eigenvalue weighted by molar-refractivity contribution is -0.131. The van der Waals surface area contributed by atoms with Crippen molar-refractivity contribution in [1.29, 1.82) is 5.26 Å². The van der Waals surface area contributed by atoms with Crippen LogP contribution >= 0.6 is 11.6 Å². The van der Waals surface area contributed by atoms with E-state index in [1.807, 2.05) is 6.07 Å². The maximum Gasteiger partial charge on any atom is 0.308 e. The monoisotopic (exact) mass is 195 g/mol. The first-order chi connectivity index (χ1) is 6.15. The van der Waals surface area contributed by atoms with E-state index in [1.54, 1.807) is 12.1 Å². The molecule has 1 rings (SSSR count). The van der Waals surface area contributed by atoms with Gasteiger partial charge in [-0.15, -0.1) is 0 Å². The quantitative estimate of drug-likeness (QED) is 0.510. The van der Waals surface area contributed by atoms with Gasteiger partial charge in [-0.05, 0) is 12.1 Å². The highest BCUT2D eigenvalue weighted by Gasteiger charge is 2.08. The summed E-state index contributed by atoms with van der Waals surface area (Å²) in [5.41, 5.74) is 0.180. The number of esters is 1. The minimum Gasteiger partial charge on any atom is -0.425 e. The van der Waals surface area contributed by atoms with Gasteiger partial charge in [-0.3, -0.25) is 4.79 Å². The summed E-state index contributed by atoms with van der Waals surface area (Å²) in [4.78, 5) is 10.6. The van der Waals surface area contributed by atoms with Crippen LogP contribution in [0.25, 0.3) is 0 Å². The fourth-order valence-corrected chi connectivity index (χ4v) is 1.06. The van der Waals surface area contributed by atoms with Crippen LogP contribution in [0.4, 0.5) is 0 Å². The van der Waals surface area contributed by atoms with Gasteiger partial charge in [0.1, 0.15) is 17.4 Å². The zero-order valence-electron chi connectivity index (χ0n) is 6.87. The fourth-order valence-electron chi connectivity index (χ4n) is 0.853. The van der Waals surface area contributed by atoms with Crippen molar-refractivity contribution < 1.29 is 9.53 Å². The average molecular weight is 196 g/mol. The van der Waals surface area contributed by atoms with E-state index in [0.29, 0.717) is 0 Å². The van der Waals surface area contributed by atoms with Gasteiger partial charge < -0.3 is 4.74 Å². The van der Waals surface area contributed by atoms with Crippen LogP contribution in [0.15, 0.2) is 18.2 Å². The molecular formula is C9H6ClNO2. The average Bonchev–Trinajstić information content (AvgIpc) is 2.03. The number of benzene rings is 1. The van der Waals surface area contributed by atoms with Gasteiger partial charge in [-0.1, -0.05) is 17.7 Å². The Bertz CT molecular complexity index is 382. The molecule has 1 aromatic carbocycles. The molecule has 0 saturated carbocycles. The molecule has 0 atom stereocenters. The normalized spacial score (nSPS) is 9.00. The summed E-state index contributed by atoms with van der Waals surface area (Å²) in [6.07, 6.45) is 0. The van der Waals surface area contributed by atoms with Crippen molar-refractivity contribution in [2.75, 3.05) is 0 Å². The van der Waals surface area contributed by atoms with Crippen LogP contribution in [0.1, 0.15) is 12.5 Å². The molecule has 4 heteroatoms. The highest BCUT2D eigenvalue weighted by atomic mass is 35.5. The predicted molar refractivity (Wildman–Crippen MR) is 47.5 cm³/mol. The molecular weight excluding hydrogens is 190 g/mol. The molecule has 0 radical (unpaired) electrons. The number of rotatable bonds is 1. The number of halogens is 1. The van der Waals surface area contributed by atoms with Gasteiger partial charge in [0.2, 0.25) is 0 Å². The van der Waals surface area contributed by atoms with Crippen molar-refractivity contribution in [3.05, 3.63) is 28.8 Å². The maximum absolute atomic E-state index is 10.6. The van der Waals surface area contributed by atoms with E-state index in [1.165, 1.54) is 13.0 Å². The summed E-state index contributed by atoms with van der Waals surface area (Å²) >= 11 is 5.70. The van der Waals surface area contributed by atoms with Crippen LogP contribution in [0.2, 0.25) is 5.02 Å². The van der Waals surface area contributed by atoms with E-state index in [9.17, 15) is 4.79 Å². The van der Waals surface area contributed by atoms with Gasteiger partial charge in [0.15, 0.2) is 0 Å². The minimum atomic E-state index is -0.473. The molecule has 1 aromatic rings. The lowest BCUT2D eigenvalue weighted by Gasteiger charge is -2.03. The third-order valence-electron chi connectivity index (χ3n) is 1.34. The first-order valence-corrected chi connectivity index (χ1v) is 3.90. The van der Waals surface area contributed by atoms with Crippen LogP contribution in [0, 0.1) is 11.3 Å². The topological polar surface area (TPSA) is 50.1 Å². The third-order valence-corrected chi connectivity index (χ3v) is 1.66. The largest absolute Gasteiger partial charge is 0.425 e.